The Labute approximate surface area is 222 Å². The molecule has 2 saturated heterocycles. The van der Waals surface area contributed by atoms with Crippen LogP contribution in [0, 0.1) is 0 Å². The summed E-state index contributed by atoms with van der Waals surface area (Å²) in [6.45, 7) is 2.29. The number of rotatable bonds is 6. The number of amides is 3. The van der Waals surface area contributed by atoms with Crippen LogP contribution in [0.3, 0.4) is 0 Å². The highest BCUT2D eigenvalue weighted by molar-refractivity contribution is 6.05. The summed E-state index contributed by atoms with van der Waals surface area (Å²) in [6, 6.07) is 5.41. The quantitative estimate of drug-likeness (QED) is 0.590. The summed E-state index contributed by atoms with van der Waals surface area (Å²) in [6.07, 6.45) is 11.8. The lowest BCUT2D eigenvalue weighted by atomic mass is 9.86. The van der Waals surface area contributed by atoms with Crippen molar-refractivity contribution in [2.75, 3.05) is 13.1 Å². The van der Waals surface area contributed by atoms with Crippen molar-refractivity contribution in [3.05, 3.63) is 53.1 Å². The number of nitrogens with one attached hydrogen (secondary N) is 1. The smallest absolute Gasteiger partial charge is 0.255 e. The Bertz CT molecular complexity index is 1270. The van der Waals surface area contributed by atoms with Crippen LogP contribution in [0.15, 0.2) is 30.6 Å². The van der Waals surface area contributed by atoms with E-state index >= 15 is 0 Å². The van der Waals surface area contributed by atoms with Crippen LogP contribution in [0.5, 0.6) is 5.75 Å². The van der Waals surface area contributed by atoms with Gasteiger partial charge in [-0.3, -0.25) is 24.6 Å². The predicted octanol–water partition coefficient (Wildman–Crippen LogP) is 2.90. The largest absolute Gasteiger partial charge is 0.489 e. The van der Waals surface area contributed by atoms with Gasteiger partial charge in [0.1, 0.15) is 23.7 Å². The van der Waals surface area contributed by atoms with Crippen molar-refractivity contribution in [1.29, 1.82) is 0 Å². The lowest BCUT2D eigenvalue weighted by Crippen LogP contribution is -2.57. The molecule has 9 heteroatoms. The van der Waals surface area contributed by atoms with E-state index in [-0.39, 0.29) is 30.2 Å². The summed E-state index contributed by atoms with van der Waals surface area (Å²) in [5.41, 5.74) is 2.77. The summed E-state index contributed by atoms with van der Waals surface area (Å²) in [5, 5.41) is 2.36. The van der Waals surface area contributed by atoms with Crippen molar-refractivity contribution in [2.24, 2.45) is 0 Å². The number of carbonyl (C=O) groups is 3. The van der Waals surface area contributed by atoms with E-state index in [0.29, 0.717) is 36.4 Å². The summed E-state index contributed by atoms with van der Waals surface area (Å²) in [4.78, 5) is 50.3. The number of hydrogen-bond donors (Lipinski definition) is 1. The van der Waals surface area contributed by atoms with Crippen molar-refractivity contribution in [3.63, 3.8) is 0 Å². The van der Waals surface area contributed by atoms with E-state index in [1.165, 1.54) is 24.8 Å². The van der Waals surface area contributed by atoms with E-state index in [1.807, 2.05) is 30.6 Å². The maximum absolute atomic E-state index is 13.0. The van der Waals surface area contributed by atoms with Gasteiger partial charge in [-0.15, -0.1) is 0 Å². The zero-order chi connectivity index (χ0) is 25.8. The number of benzene rings is 1. The number of imide groups is 1. The van der Waals surface area contributed by atoms with Crippen LogP contribution in [0.1, 0.15) is 90.5 Å². The number of nitrogens with zero attached hydrogens (tertiary/aromatic N) is 4. The van der Waals surface area contributed by atoms with E-state index in [1.54, 1.807) is 4.90 Å². The molecule has 0 spiro atoms. The molecule has 4 heterocycles. The van der Waals surface area contributed by atoms with E-state index < -0.39 is 6.04 Å². The summed E-state index contributed by atoms with van der Waals surface area (Å²) >= 11 is 0. The maximum atomic E-state index is 13.0. The molecule has 0 bridgehead atoms. The molecule has 3 amide bonds. The second-order valence-electron chi connectivity index (χ2n) is 11.5. The Hall–Kier alpha value is -3.33. The number of hydrogen-bond acceptors (Lipinski definition) is 7. The van der Waals surface area contributed by atoms with E-state index in [9.17, 15) is 14.4 Å². The minimum absolute atomic E-state index is 0.101. The zero-order valence-electron chi connectivity index (χ0n) is 21.5. The highest BCUT2D eigenvalue weighted by Crippen LogP contribution is 2.40. The first kappa shape index (κ1) is 23.8. The summed E-state index contributed by atoms with van der Waals surface area (Å²) in [5.74, 6) is 1.98. The molecule has 3 aliphatic heterocycles. The van der Waals surface area contributed by atoms with Crippen molar-refractivity contribution in [3.8, 4) is 5.75 Å². The van der Waals surface area contributed by atoms with Crippen molar-refractivity contribution < 1.29 is 19.1 Å². The minimum atomic E-state index is -0.604. The van der Waals surface area contributed by atoms with Gasteiger partial charge in [0.2, 0.25) is 11.8 Å². The molecule has 9 nitrogen and oxygen atoms in total. The van der Waals surface area contributed by atoms with Gasteiger partial charge in [0.25, 0.3) is 5.91 Å². The Balaban J connectivity index is 0.997. The first-order valence-electron chi connectivity index (χ1n) is 14.0. The Morgan fingerprint density at radius 2 is 1.71 bits per heavy atom. The van der Waals surface area contributed by atoms with Crippen LogP contribution >= 0.6 is 0 Å². The molecular formula is C29H33N5O4. The van der Waals surface area contributed by atoms with Crippen molar-refractivity contribution in [2.45, 2.75) is 87.9 Å². The fourth-order valence-electron chi connectivity index (χ4n) is 6.56. The van der Waals surface area contributed by atoms with Gasteiger partial charge in [-0.2, -0.15) is 0 Å². The van der Waals surface area contributed by atoms with Crippen LogP contribution in [0.2, 0.25) is 0 Å². The number of carbonyl (C=O) groups excluding carboxylic acids is 3. The molecule has 198 valence electrons. The van der Waals surface area contributed by atoms with Gasteiger partial charge in [-0.05, 0) is 73.8 Å². The number of ether oxygens (including phenoxy) is 1. The Kier molecular flexibility index (Phi) is 5.91. The van der Waals surface area contributed by atoms with Gasteiger partial charge in [0.05, 0.1) is 0 Å². The molecule has 1 aromatic carbocycles. The second-order valence-corrected chi connectivity index (χ2v) is 11.5. The average Bonchev–Trinajstić information content (AvgIpc) is 3.69. The lowest BCUT2D eigenvalue weighted by molar-refractivity contribution is -0.136. The zero-order valence-corrected chi connectivity index (χ0v) is 21.5. The Morgan fingerprint density at radius 3 is 2.47 bits per heavy atom. The predicted molar refractivity (Wildman–Crippen MR) is 137 cm³/mol. The molecule has 2 aliphatic carbocycles. The maximum Gasteiger partial charge on any atom is 0.255 e. The first-order chi connectivity index (χ1) is 18.5. The molecule has 1 N–H and O–H groups in total. The third-order valence-electron chi connectivity index (χ3n) is 8.93. The molecule has 2 saturated carbocycles. The van der Waals surface area contributed by atoms with Gasteiger partial charge in [0, 0.05) is 56.0 Å². The van der Waals surface area contributed by atoms with E-state index in [0.717, 1.165) is 49.5 Å². The normalized spacial score (nSPS) is 28.2. The molecule has 2 aromatic rings. The number of aromatic nitrogens is 2. The molecule has 1 aromatic heterocycles. The topological polar surface area (TPSA) is 105 Å². The highest BCUT2D eigenvalue weighted by atomic mass is 16.5. The van der Waals surface area contributed by atoms with Crippen LogP contribution < -0.4 is 10.1 Å². The first-order valence-corrected chi connectivity index (χ1v) is 14.0. The molecule has 5 aliphatic rings. The van der Waals surface area contributed by atoms with Crippen LogP contribution in [0.25, 0.3) is 0 Å². The number of likely N-dealkylation sites (tertiary alicyclic amines) is 1. The van der Waals surface area contributed by atoms with Gasteiger partial charge in [0.15, 0.2) is 0 Å². The van der Waals surface area contributed by atoms with Crippen molar-refractivity contribution >= 4 is 17.7 Å². The molecule has 38 heavy (non-hydrogen) atoms. The third-order valence-corrected chi connectivity index (χ3v) is 8.93. The SMILES string of the molecule is O=C1CC[C@H](N2Cc3cc(O[C@H]4CCCC[C@H]4N4CC(c5ncc(C6CC6)cn5)C4)ccc3C2=O)C(=O)N1. The number of fused-ring (bicyclic) bond motifs is 1. The van der Waals surface area contributed by atoms with Crippen LogP contribution in [0.4, 0.5) is 0 Å². The lowest BCUT2D eigenvalue weighted by Gasteiger charge is -2.47. The molecular weight excluding hydrogens is 482 g/mol. The number of piperidine rings is 1. The molecule has 0 unspecified atom stereocenters. The van der Waals surface area contributed by atoms with E-state index in [2.05, 4.69) is 20.2 Å². The second kappa shape index (κ2) is 9.45. The van der Waals surface area contributed by atoms with E-state index in [4.69, 9.17) is 4.74 Å². The fourth-order valence-corrected chi connectivity index (χ4v) is 6.56. The monoisotopic (exact) mass is 515 g/mol. The summed E-state index contributed by atoms with van der Waals surface area (Å²) in [7, 11) is 0. The third kappa shape index (κ3) is 4.36. The minimum Gasteiger partial charge on any atom is -0.489 e. The Morgan fingerprint density at radius 1 is 0.921 bits per heavy atom. The average molecular weight is 516 g/mol. The van der Waals surface area contributed by atoms with Gasteiger partial charge < -0.3 is 9.64 Å². The van der Waals surface area contributed by atoms with Crippen LogP contribution in [-0.4, -0.2) is 68.8 Å². The molecule has 4 fully saturated rings. The van der Waals surface area contributed by atoms with Crippen LogP contribution in [-0.2, 0) is 16.1 Å². The molecule has 3 atom stereocenters. The molecule has 0 radical (unpaired) electrons. The summed E-state index contributed by atoms with van der Waals surface area (Å²) < 4.78 is 6.56. The fraction of sp³-hybridized carbons (Fsp3) is 0.552. The van der Waals surface area contributed by atoms with Gasteiger partial charge >= 0.3 is 0 Å². The van der Waals surface area contributed by atoms with Gasteiger partial charge in [-0.1, -0.05) is 6.42 Å². The highest BCUT2D eigenvalue weighted by Gasteiger charge is 2.42. The van der Waals surface area contributed by atoms with Gasteiger partial charge in [-0.25, -0.2) is 9.97 Å². The van der Waals surface area contributed by atoms with Crippen molar-refractivity contribution in [1.82, 2.24) is 25.1 Å². The standard InChI is InChI=1S/C29H33N5O4/c35-26-10-9-24(28(36)32-26)34-16-18-11-21(7-8-22(18)29(34)37)38-25-4-2-1-3-23(25)33-14-20(15-33)27-30-12-19(13-31-27)17-5-6-17/h7-8,11-13,17,20,23-25H,1-6,9-10,14-16H2,(H,32,35,36)/t23-,24+,25+/m1/s1. The molecule has 7 rings (SSSR count).